The summed E-state index contributed by atoms with van der Waals surface area (Å²) in [5.74, 6) is 0.843. The number of carbonyl (C=O) groups excluding carboxylic acids is 1. The number of anilines is 2. The van der Waals surface area contributed by atoms with Crippen LogP contribution >= 0.6 is 27.5 Å². The lowest BCUT2D eigenvalue weighted by Gasteiger charge is -2.18. The number of hydrogen-bond acceptors (Lipinski definition) is 2. The van der Waals surface area contributed by atoms with Gasteiger partial charge in [-0.25, -0.2) is 0 Å². The van der Waals surface area contributed by atoms with Crippen LogP contribution in [0.5, 0.6) is 0 Å². The summed E-state index contributed by atoms with van der Waals surface area (Å²) in [5.41, 5.74) is 7.28. The second-order valence-corrected chi connectivity index (χ2v) is 5.16. The highest BCUT2D eigenvalue weighted by molar-refractivity contribution is 9.10. The monoisotopic (exact) mass is 302 g/mol. The van der Waals surface area contributed by atoms with Crippen LogP contribution in [0.1, 0.15) is 6.42 Å². The summed E-state index contributed by atoms with van der Waals surface area (Å²) < 4.78 is 0.911. The normalized spacial score (nSPS) is 20.5. The lowest BCUT2D eigenvalue weighted by Crippen LogP contribution is -2.25. The van der Waals surface area contributed by atoms with Gasteiger partial charge in [0, 0.05) is 23.3 Å². The second-order valence-electron chi connectivity index (χ2n) is 3.93. The molecule has 0 radical (unpaired) electrons. The van der Waals surface area contributed by atoms with Crippen molar-refractivity contribution in [3.05, 3.63) is 22.7 Å². The Kier molecular flexibility index (Phi) is 3.40. The Morgan fingerprint density at radius 1 is 1.56 bits per heavy atom. The number of nitrogens with zero attached hydrogens (tertiary/aromatic N) is 1. The first-order chi connectivity index (χ1) is 7.61. The van der Waals surface area contributed by atoms with Gasteiger partial charge in [0.1, 0.15) is 0 Å². The van der Waals surface area contributed by atoms with Gasteiger partial charge in [0.15, 0.2) is 0 Å². The fourth-order valence-electron chi connectivity index (χ4n) is 1.89. The molecule has 1 aliphatic rings. The van der Waals surface area contributed by atoms with E-state index in [4.69, 9.17) is 17.3 Å². The predicted octanol–water partition coefficient (Wildman–Crippen LogP) is 2.62. The van der Waals surface area contributed by atoms with Crippen LogP contribution in [0, 0.1) is 5.92 Å². The first kappa shape index (κ1) is 11.7. The third-order valence-electron chi connectivity index (χ3n) is 2.70. The fraction of sp³-hybridized carbons (Fsp3) is 0.364. The van der Waals surface area contributed by atoms with E-state index < -0.39 is 0 Å². The molecule has 1 atom stereocenters. The van der Waals surface area contributed by atoms with Crippen LogP contribution in [0.4, 0.5) is 11.4 Å². The molecular formula is C11H12BrClN2O. The van der Waals surface area contributed by atoms with Crippen LogP contribution in [-0.4, -0.2) is 18.3 Å². The zero-order valence-electron chi connectivity index (χ0n) is 8.62. The van der Waals surface area contributed by atoms with Gasteiger partial charge < -0.3 is 10.6 Å². The molecule has 1 amide bonds. The lowest BCUT2D eigenvalue weighted by molar-refractivity contribution is -0.117. The van der Waals surface area contributed by atoms with Crippen LogP contribution in [0.25, 0.3) is 0 Å². The molecule has 1 saturated heterocycles. The third-order valence-corrected chi connectivity index (χ3v) is 3.63. The Balaban J connectivity index is 2.28. The van der Waals surface area contributed by atoms with Gasteiger partial charge in [-0.3, -0.25) is 4.79 Å². The van der Waals surface area contributed by atoms with Crippen molar-refractivity contribution in [1.29, 1.82) is 0 Å². The highest BCUT2D eigenvalue weighted by Gasteiger charge is 2.30. The van der Waals surface area contributed by atoms with Crippen molar-refractivity contribution in [2.45, 2.75) is 6.42 Å². The average molecular weight is 304 g/mol. The first-order valence-corrected chi connectivity index (χ1v) is 6.36. The van der Waals surface area contributed by atoms with E-state index in [1.54, 1.807) is 11.0 Å². The van der Waals surface area contributed by atoms with Gasteiger partial charge in [0.05, 0.1) is 11.4 Å². The minimum absolute atomic E-state index is 0.0969. The molecule has 0 bridgehead atoms. The zero-order valence-corrected chi connectivity index (χ0v) is 11.0. The molecule has 1 fully saturated rings. The van der Waals surface area contributed by atoms with Crippen LogP contribution in [0.3, 0.4) is 0 Å². The summed E-state index contributed by atoms with van der Waals surface area (Å²) in [5, 5.41) is 0. The number of benzene rings is 1. The molecule has 5 heteroatoms. The smallest absolute Gasteiger partial charge is 0.227 e. The van der Waals surface area contributed by atoms with Gasteiger partial charge in [-0.1, -0.05) is 15.9 Å². The third kappa shape index (κ3) is 2.18. The maximum absolute atomic E-state index is 11.8. The summed E-state index contributed by atoms with van der Waals surface area (Å²) in [4.78, 5) is 13.5. The maximum atomic E-state index is 11.8. The van der Waals surface area contributed by atoms with E-state index in [0.29, 0.717) is 24.5 Å². The molecule has 86 valence electrons. The SMILES string of the molecule is Nc1cc(Br)ccc1N1CC(CCl)CC1=O. The van der Waals surface area contributed by atoms with Crippen LogP contribution in [0.15, 0.2) is 22.7 Å². The number of hydrogen-bond donors (Lipinski definition) is 1. The molecule has 0 saturated carbocycles. The summed E-state index contributed by atoms with van der Waals surface area (Å²) in [6.45, 7) is 0.661. The molecule has 2 N–H and O–H groups in total. The number of nitrogens with two attached hydrogens (primary N) is 1. The lowest BCUT2D eigenvalue weighted by atomic mass is 10.1. The van der Waals surface area contributed by atoms with E-state index in [-0.39, 0.29) is 11.8 Å². The second kappa shape index (κ2) is 4.63. The van der Waals surface area contributed by atoms with Crippen molar-refractivity contribution in [3.63, 3.8) is 0 Å². The molecule has 3 nitrogen and oxygen atoms in total. The fourth-order valence-corrected chi connectivity index (χ4v) is 2.47. The standard InChI is InChI=1S/C11H12BrClN2O/c12-8-1-2-10(9(14)4-8)15-6-7(5-13)3-11(15)16/h1-2,4,7H,3,5-6,14H2. The Bertz CT molecular complexity index is 424. The van der Waals surface area contributed by atoms with Gasteiger partial charge in [-0.05, 0) is 24.1 Å². The predicted molar refractivity (Wildman–Crippen MR) is 69.7 cm³/mol. The number of alkyl halides is 1. The molecule has 0 spiro atoms. The Hall–Kier alpha value is -0.740. The van der Waals surface area contributed by atoms with Gasteiger partial charge in [0.2, 0.25) is 5.91 Å². The molecule has 1 unspecified atom stereocenters. The number of rotatable bonds is 2. The highest BCUT2D eigenvalue weighted by atomic mass is 79.9. The largest absolute Gasteiger partial charge is 0.397 e. The molecule has 1 heterocycles. The van der Waals surface area contributed by atoms with Crippen molar-refractivity contribution < 1.29 is 4.79 Å². The first-order valence-electron chi connectivity index (χ1n) is 5.03. The van der Waals surface area contributed by atoms with Gasteiger partial charge in [-0.15, -0.1) is 11.6 Å². The van der Waals surface area contributed by atoms with Crippen LogP contribution < -0.4 is 10.6 Å². The van der Waals surface area contributed by atoms with Crippen molar-refractivity contribution in [3.8, 4) is 0 Å². The Labute approximate surface area is 108 Å². The van der Waals surface area contributed by atoms with Crippen molar-refractivity contribution >= 4 is 44.8 Å². The van der Waals surface area contributed by atoms with E-state index in [1.165, 1.54) is 0 Å². The van der Waals surface area contributed by atoms with E-state index in [9.17, 15) is 4.79 Å². The van der Waals surface area contributed by atoms with E-state index in [0.717, 1.165) is 10.2 Å². The number of halogens is 2. The van der Waals surface area contributed by atoms with Gasteiger partial charge >= 0.3 is 0 Å². The molecule has 2 rings (SSSR count). The summed E-state index contributed by atoms with van der Waals surface area (Å²) in [6, 6.07) is 5.54. The summed E-state index contributed by atoms with van der Waals surface area (Å²) in [6.07, 6.45) is 0.513. The van der Waals surface area contributed by atoms with E-state index >= 15 is 0 Å². The van der Waals surface area contributed by atoms with Crippen molar-refractivity contribution in [1.82, 2.24) is 0 Å². The highest BCUT2D eigenvalue weighted by Crippen LogP contribution is 2.31. The minimum Gasteiger partial charge on any atom is -0.397 e. The molecule has 0 aliphatic carbocycles. The quantitative estimate of drug-likeness (QED) is 0.674. The molecule has 1 aromatic rings. The van der Waals surface area contributed by atoms with Gasteiger partial charge in [-0.2, -0.15) is 0 Å². The van der Waals surface area contributed by atoms with Crippen molar-refractivity contribution in [2.75, 3.05) is 23.1 Å². The zero-order chi connectivity index (χ0) is 11.7. The van der Waals surface area contributed by atoms with Crippen molar-refractivity contribution in [2.24, 2.45) is 5.92 Å². The Morgan fingerprint density at radius 3 is 2.88 bits per heavy atom. The number of nitrogen functional groups attached to an aromatic ring is 1. The Morgan fingerprint density at radius 2 is 2.31 bits per heavy atom. The molecular weight excluding hydrogens is 291 g/mol. The number of carbonyl (C=O) groups is 1. The summed E-state index contributed by atoms with van der Waals surface area (Å²) >= 11 is 9.11. The molecule has 1 aromatic carbocycles. The molecule has 0 aromatic heterocycles. The van der Waals surface area contributed by atoms with Crippen LogP contribution in [0.2, 0.25) is 0 Å². The molecule has 16 heavy (non-hydrogen) atoms. The topological polar surface area (TPSA) is 46.3 Å². The molecule has 1 aliphatic heterocycles. The average Bonchev–Trinajstić information content (AvgIpc) is 2.60. The minimum atomic E-state index is 0.0969. The van der Waals surface area contributed by atoms with Gasteiger partial charge in [0.25, 0.3) is 0 Å². The summed E-state index contributed by atoms with van der Waals surface area (Å²) in [7, 11) is 0. The number of amides is 1. The van der Waals surface area contributed by atoms with E-state index in [1.807, 2.05) is 12.1 Å². The maximum Gasteiger partial charge on any atom is 0.227 e. The van der Waals surface area contributed by atoms with E-state index in [2.05, 4.69) is 15.9 Å². The van der Waals surface area contributed by atoms with Crippen LogP contribution in [-0.2, 0) is 4.79 Å².